The molecule has 0 aliphatic carbocycles. The van der Waals surface area contributed by atoms with Gasteiger partial charge >= 0.3 is 5.97 Å². The summed E-state index contributed by atoms with van der Waals surface area (Å²) in [6, 6.07) is 9.74. The highest BCUT2D eigenvalue weighted by Crippen LogP contribution is 2.37. The Kier molecular flexibility index (Phi) is 7.16. The number of aryl methyl sites for hydroxylation is 1. The van der Waals surface area contributed by atoms with E-state index in [9.17, 15) is 19.3 Å². The molecule has 1 atom stereocenters. The number of nitrogens with zero attached hydrogens (tertiary/aromatic N) is 2. The predicted octanol–water partition coefficient (Wildman–Crippen LogP) is 3.94. The van der Waals surface area contributed by atoms with Crippen molar-refractivity contribution in [3.05, 3.63) is 80.8 Å². The molecular formula is C22H22FN3O5S. The van der Waals surface area contributed by atoms with Crippen molar-refractivity contribution in [3.63, 3.8) is 0 Å². The van der Waals surface area contributed by atoms with Gasteiger partial charge in [-0.05, 0) is 49.8 Å². The van der Waals surface area contributed by atoms with Gasteiger partial charge in [0.1, 0.15) is 12.4 Å². The summed E-state index contributed by atoms with van der Waals surface area (Å²) in [6.45, 7) is 3.46. The molecule has 32 heavy (non-hydrogen) atoms. The number of anilines is 1. The topological polar surface area (TPSA) is 93.9 Å². The van der Waals surface area contributed by atoms with Crippen molar-refractivity contribution in [2.75, 3.05) is 25.2 Å². The van der Waals surface area contributed by atoms with Crippen LogP contribution in [0, 0.1) is 22.9 Å². The van der Waals surface area contributed by atoms with Gasteiger partial charge in [0.15, 0.2) is 5.11 Å². The minimum absolute atomic E-state index is 0.000672. The van der Waals surface area contributed by atoms with E-state index >= 15 is 0 Å². The molecular weight excluding hydrogens is 437 g/mol. The fourth-order valence-corrected chi connectivity index (χ4v) is 3.83. The molecule has 2 aromatic rings. The third-order valence-corrected chi connectivity index (χ3v) is 5.38. The van der Waals surface area contributed by atoms with E-state index in [0.717, 1.165) is 0 Å². The fourth-order valence-electron chi connectivity index (χ4n) is 3.47. The van der Waals surface area contributed by atoms with Crippen molar-refractivity contribution in [1.29, 1.82) is 0 Å². The lowest BCUT2D eigenvalue weighted by Gasteiger charge is -2.37. The van der Waals surface area contributed by atoms with E-state index in [-0.39, 0.29) is 35.2 Å². The second-order valence-electron chi connectivity index (χ2n) is 7.10. The van der Waals surface area contributed by atoms with E-state index in [1.54, 1.807) is 38.1 Å². The zero-order chi connectivity index (χ0) is 23.4. The zero-order valence-corrected chi connectivity index (χ0v) is 18.6. The van der Waals surface area contributed by atoms with Gasteiger partial charge in [0.25, 0.3) is 5.69 Å². The van der Waals surface area contributed by atoms with Crippen molar-refractivity contribution in [3.8, 4) is 0 Å². The summed E-state index contributed by atoms with van der Waals surface area (Å²) >= 11 is 5.51. The molecule has 168 valence electrons. The van der Waals surface area contributed by atoms with Gasteiger partial charge in [0, 0.05) is 18.9 Å². The average Bonchev–Trinajstić information content (AvgIpc) is 2.75. The van der Waals surface area contributed by atoms with Crippen LogP contribution in [0.3, 0.4) is 0 Å². The van der Waals surface area contributed by atoms with Crippen molar-refractivity contribution in [2.45, 2.75) is 19.9 Å². The monoisotopic (exact) mass is 459 g/mol. The van der Waals surface area contributed by atoms with Gasteiger partial charge < -0.3 is 14.8 Å². The predicted molar refractivity (Wildman–Crippen MR) is 121 cm³/mol. The number of carbonyl (C=O) groups is 1. The van der Waals surface area contributed by atoms with Gasteiger partial charge in [-0.25, -0.2) is 9.18 Å². The van der Waals surface area contributed by atoms with E-state index in [1.807, 2.05) is 0 Å². The number of nitro benzene ring substituents is 1. The Morgan fingerprint density at radius 3 is 2.62 bits per heavy atom. The molecule has 1 heterocycles. The highest BCUT2D eigenvalue weighted by molar-refractivity contribution is 7.80. The van der Waals surface area contributed by atoms with E-state index in [2.05, 4.69) is 5.32 Å². The number of rotatable bonds is 7. The number of hydrogen-bond donors (Lipinski definition) is 1. The normalized spacial score (nSPS) is 16.1. The molecule has 0 bridgehead atoms. The van der Waals surface area contributed by atoms with Crippen LogP contribution in [0.1, 0.15) is 24.1 Å². The number of methoxy groups -OCH3 is 1. The summed E-state index contributed by atoms with van der Waals surface area (Å²) in [5, 5.41) is 14.8. The maximum Gasteiger partial charge on any atom is 0.338 e. The Hall–Kier alpha value is -3.37. The van der Waals surface area contributed by atoms with Gasteiger partial charge in [-0.15, -0.1) is 0 Å². The van der Waals surface area contributed by atoms with Crippen LogP contribution < -0.4 is 10.2 Å². The molecule has 1 aliphatic heterocycles. The maximum absolute atomic E-state index is 14.2. The fraction of sp³-hybridized carbons (Fsp3) is 0.273. The van der Waals surface area contributed by atoms with Crippen LogP contribution in [0.2, 0.25) is 0 Å². The number of nitrogens with one attached hydrogen (secondary N) is 1. The van der Waals surface area contributed by atoms with Crippen LogP contribution in [-0.4, -0.2) is 36.3 Å². The first-order valence-corrected chi connectivity index (χ1v) is 10.1. The number of esters is 1. The molecule has 0 saturated heterocycles. The van der Waals surface area contributed by atoms with E-state index in [0.29, 0.717) is 16.9 Å². The van der Waals surface area contributed by atoms with Crippen LogP contribution in [-0.2, 0) is 14.3 Å². The van der Waals surface area contributed by atoms with Gasteiger partial charge in [-0.3, -0.25) is 15.0 Å². The van der Waals surface area contributed by atoms with Gasteiger partial charge in [0.2, 0.25) is 0 Å². The Labute approximate surface area is 189 Å². The molecule has 1 unspecified atom stereocenters. The summed E-state index contributed by atoms with van der Waals surface area (Å²) in [7, 11) is 1.47. The maximum atomic E-state index is 14.2. The number of para-hydroxylation sites is 1. The smallest absolute Gasteiger partial charge is 0.338 e. The van der Waals surface area contributed by atoms with Crippen LogP contribution in [0.25, 0.3) is 0 Å². The molecule has 8 nitrogen and oxygen atoms in total. The van der Waals surface area contributed by atoms with Crippen molar-refractivity contribution >= 4 is 34.7 Å². The quantitative estimate of drug-likeness (QED) is 0.219. The Bertz CT molecular complexity index is 1100. The highest BCUT2D eigenvalue weighted by Gasteiger charge is 2.38. The van der Waals surface area contributed by atoms with E-state index < -0.39 is 22.8 Å². The number of carbonyl (C=O) groups excluding carboxylic acids is 1. The molecule has 0 radical (unpaired) electrons. The minimum Gasteiger partial charge on any atom is -0.460 e. The molecule has 0 saturated carbocycles. The Morgan fingerprint density at radius 2 is 1.97 bits per heavy atom. The lowest BCUT2D eigenvalue weighted by atomic mass is 9.93. The Morgan fingerprint density at radius 1 is 1.25 bits per heavy atom. The SMILES string of the molecule is COCCOC(=O)C1=C(C)N(c2ccc(C)c(F)c2)C(=S)NC1c1ccccc1[N+](=O)[O-]. The van der Waals surface area contributed by atoms with Crippen molar-refractivity contribution < 1.29 is 23.6 Å². The first-order chi connectivity index (χ1) is 15.3. The lowest BCUT2D eigenvalue weighted by Crippen LogP contribution is -2.48. The molecule has 3 rings (SSSR count). The minimum atomic E-state index is -0.925. The summed E-state index contributed by atoms with van der Waals surface area (Å²) in [6.07, 6.45) is 0. The number of thiocarbonyl (C=S) groups is 1. The summed E-state index contributed by atoms with van der Waals surface area (Å²) in [5.41, 5.74) is 1.47. The standard InChI is InChI=1S/C22H22FN3O5S/c1-13-8-9-15(12-17(13)23)25-14(2)19(21(27)31-11-10-30-3)20(24-22(25)32)16-6-4-5-7-18(16)26(28)29/h4-9,12,20H,10-11H2,1-3H3,(H,24,32). The second-order valence-corrected chi connectivity index (χ2v) is 7.48. The van der Waals surface area contributed by atoms with Crippen LogP contribution >= 0.6 is 12.2 Å². The van der Waals surface area contributed by atoms with Crippen LogP contribution in [0.4, 0.5) is 15.8 Å². The first-order valence-electron chi connectivity index (χ1n) is 9.73. The molecule has 0 fully saturated rings. The van der Waals surface area contributed by atoms with Crippen LogP contribution in [0.15, 0.2) is 53.7 Å². The van der Waals surface area contributed by atoms with Gasteiger partial charge in [0.05, 0.1) is 34.4 Å². The lowest BCUT2D eigenvalue weighted by molar-refractivity contribution is -0.385. The molecule has 0 spiro atoms. The largest absolute Gasteiger partial charge is 0.460 e. The van der Waals surface area contributed by atoms with Gasteiger partial charge in [-0.2, -0.15) is 0 Å². The number of nitro groups is 1. The zero-order valence-electron chi connectivity index (χ0n) is 17.8. The molecule has 2 aromatic carbocycles. The number of benzene rings is 2. The number of ether oxygens (including phenoxy) is 2. The molecule has 1 aliphatic rings. The van der Waals surface area contributed by atoms with Crippen molar-refractivity contribution in [2.24, 2.45) is 0 Å². The summed E-state index contributed by atoms with van der Waals surface area (Å²) < 4.78 is 24.5. The second kappa shape index (κ2) is 9.84. The van der Waals surface area contributed by atoms with E-state index in [4.69, 9.17) is 21.7 Å². The molecule has 10 heteroatoms. The number of halogens is 1. The highest BCUT2D eigenvalue weighted by atomic mass is 32.1. The number of allylic oxidation sites excluding steroid dienone is 1. The van der Waals surface area contributed by atoms with Crippen LogP contribution in [0.5, 0.6) is 0 Å². The number of hydrogen-bond acceptors (Lipinski definition) is 6. The Balaban J connectivity index is 2.15. The third kappa shape index (κ3) is 4.61. The molecule has 0 amide bonds. The average molecular weight is 459 g/mol. The molecule has 1 N–H and O–H groups in total. The molecule has 0 aromatic heterocycles. The van der Waals surface area contributed by atoms with Gasteiger partial charge in [-0.1, -0.05) is 18.2 Å². The summed E-state index contributed by atoms with van der Waals surface area (Å²) in [4.78, 5) is 25.7. The van der Waals surface area contributed by atoms with Crippen molar-refractivity contribution in [1.82, 2.24) is 5.32 Å². The van der Waals surface area contributed by atoms with E-state index in [1.165, 1.54) is 30.2 Å². The first kappa shape index (κ1) is 23.3. The summed E-state index contributed by atoms with van der Waals surface area (Å²) in [5.74, 6) is -1.11. The third-order valence-electron chi connectivity index (χ3n) is 5.08.